The van der Waals surface area contributed by atoms with E-state index < -0.39 is 0 Å². The molecule has 0 aromatic heterocycles. The van der Waals surface area contributed by atoms with Crippen LogP contribution in [0.2, 0.25) is 0 Å². The van der Waals surface area contributed by atoms with Gasteiger partial charge in [0, 0.05) is 0 Å². The lowest BCUT2D eigenvalue weighted by Crippen LogP contribution is -2.19. The summed E-state index contributed by atoms with van der Waals surface area (Å²) in [5.74, 6) is 1.72. The van der Waals surface area contributed by atoms with Crippen LogP contribution in [0, 0.1) is 13.8 Å². The van der Waals surface area contributed by atoms with Crippen LogP contribution in [0.25, 0.3) is 0 Å². The van der Waals surface area contributed by atoms with Crippen molar-refractivity contribution in [3.05, 3.63) is 59.2 Å². The highest BCUT2D eigenvalue weighted by atomic mass is 16.5. The number of ether oxygens (including phenoxy) is 2. The largest absolute Gasteiger partial charge is 0.497 e. The average Bonchev–Trinajstić information content (AvgIpc) is 2.46. The summed E-state index contributed by atoms with van der Waals surface area (Å²) in [6.07, 6.45) is 0. The van der Waals surface area contributed by atoms with Crippen molar-refractivity contribution >= 4 is 0 Å². The molecule has 0 saturated heterocycles. The van der Waals surface area contributed by atoms with E-state index >= 15 is 0 Å². The number of nitrogens with two attached hydrogens (primary N) is 1. The number of hydrogen-bond donors (Lipinski definition) is 1. The Morgan fingerprint density at radius 1 is 1.05 bits per heavy atom. The fourth-order valence-electron chi connectivity index (χ4n) is 2.09. The Kier molecular flexibility index (Phi) is 4.64. The van der Waals surface area contributed by atoms with Crippen molar-refractivity contribution in [2.24, 2.45) is 5.73 Å². The zero-order valence-corrected chi connectivity index (χ0v) is 12.2. The topological polar surface area (TPSA) is 44.5 Å². The molecule has 1 atom stereocenters. The zero-order chi connectivity index (χ0) is 14.5. The molecule has 3 heteroatoms. The normalized spacial score (nSPS) is 12.0. The van der Waals surface area contributed by atoms with Gasteiger partial charge in [-0.1, -0.05) is 29.8 Å². The zero-order valence-electron chi connectivity index (χ0n) is 12.2. The van der Waals surface area contributed by atoms with Crippen molar-refractivity contribution in [2.45, 2.75) is 19.9 Å². The van der Waals surface area contributed by atoms with Gasteiger partial charge in [0.15, 0.2) is 0 Å². The number of benzene rings is 2. The predicted molar refractivity (Wildman–Crippen MR) is 81.3 cm³/mol. The van der Waals surface area contributed by atoms with Crippen molar-refractivity contribution < 1.29 is 9.47 Å². The number of hydrogen-bond acceptors (Lipinski definition) is 3. The SMILES string of the molecule is COc1ccc(C(N)COc2ccc(C)cc2C)cc1. The summed E-state index contributed by atoms with van der Waals surface area (Å²) >= 11 is 0. The molecule has 0 aliphatic carbocycles. The first kappa shape index (κ1) is 14.4. The molecule has 20 heavy (non-hydrogen) atoms. The molecular formula is C17H21NO2. The summed E-state index contributed by atoms with van der Waals surface area (Å²) in [5, 5.41) is 0. The van der Waals surface area contributed by atoms with E-state index in [1.54, 1.807) is 7.11 Å². The quantitative estimate of drug-likeness (QED) is 0.906. The molecule has 0 amide bonds. The van der Waals surface area contributed by atoms with Gasteiger partial charge in [-0.15, -0.1) is 0 Å². The van der Waals surface area contributed by atoms with Gasteiger partial charge in [0.1, 0.15) is 18.1 Å². The molecule has 1 unspecified atom stereocenters. The fourth-order valence-corrected chi connectivity index (χ4v) is 2.09. The Hall–Kier alpha value is -2.00. The average molecular weight is 271 g/mol. The highest BCUT2D eigenvalue weighted by molar-refractivity contribution is 5.36. The van der Waals surface area contributed by atoms with Gasteiger partial charge in [-0.25, -0.2) is 0 Å². The van der Waals surface area contributed by atoms with E-state index in [0.29, 0.717) is 6.61 Å². The maximum Gasteiger partial charge on any atom is 0.122 e. The molecular weight excluding hydrogens is 250 g/mol. The first-order valence-electron chi connectivity index (χ1n) is 6.69. The van der Waals surface area contributed by atoms with Crippen molar-refractivity contribution in [2.75, 3.05) is 13.7 Å². The standard InChI is InChI=1S/C17H21NO2/c1-12-4-9-17(13(2)10-12)20-11-16(18)14-5-7-15(19-3)8-6-14/h4-10,16H,11,18H2,1-3H3. The number of methoxy groups -OCH3 is 1. The van der Waals surface area contributed by atoms with E-state index in [0.717, 1.165) is 22.6 Å². The third-order valence-electron chi connectivity index (χ3n) is 3.29. The van der Waals surface area contributed by atoms with Gasteiger partial charge in [0.05, 0.1) is 13.2 Å². The lowest BCUT2D eigenvalue weighted by molar-refractivity contribution is 0.288. The van der Waals surface area contributed by atoms with Crippen LogP contribution in [0.3, 0.4) is 0 Å². The molecule has 0 saturated carbocycles. The van der Waals surface area contributed by atoms with Crippen LogP contribution in [0.4, 0.5) is 0 Å². The van der Waals surface area contributed by atoms with E-state index in [-0.39, 0.29) is 6.04 Å². The van der Waals surface area contributed by atoms with E-state index in [9.17, 15) is 0 Å². The maximum atomic E-state index is 6.15. The van der Waals surface area contributed by atoms with Crippen LogP contribution in [-0.4, -0.2) is 13.7 Å². The van der Waals surface area contributed by atoms with Gasteiger partial charge >= 0.3 is 0 Å². The fraction of sp³-hybridized carbons (Fsp3) is 0.294. The second-order valence-corrected chi connectivity index (χ2v) is 4.96. The molecule has 106 valence electrons. The molecule has 2 N–H and O–H groups in total. The van der Waals surface area contributed by atoms with E-state index in [4.69, 9.17) is 15.2 Å². The van der Waals surface area contributed by atoms with E-state index in [1.807, 2.05) is 43.3 Å². The van der Waals surface area contributed by atoms with Crippen LogP contribution in [0.5, 0.6) is 11.5 Å². The lowest BCUT2D eigenvalue weighted by atomic mass is 10.1. The molecule has 2 rings (SSSR count). The Balaban J connectivity index is 1.98. The van der Waals surface area contributed by atoms with Crippen LogP contribution < -0.4 is 15.2 Å². The highest BCUT2D eigenvalue weighted by Crippen LogP contribution is 2.21. The van der Waals surface area contributed by atoms with Crippen molar-refractivity contribution in [3.63, 3.8) is 0 Å². The smallest absolute Gasteiger partial charge is 0.122 e. The Morgan fingerprint density at radius 3 is 2.35 bits per heavy atom. The van der Waals surface area contributed by atoms with Crippen LogP contribution in [-0.2, 0) is 0 Å². The minimum atomic E-state index is -0.151. The molecule has 3 nitrogen and oxygen atoms in total. The molecule has 0 fully saturated rings. The first-order valence-corrected chi connectivity index (χ1v) is 6.69. The van der Waals surface area contributed by atoms with Gasteiger partial charge in [0.25, 0.3) is 0 Å². The Bertz CT molecular complexity index is 564. The monoisotopic (exact) mass is 271 g/mol. The molecule has 0 aliphatic rings. The minimum Gasteiger partial charge on any atom is -0.497 e. The summed E-state index contributed by atoms with van der Waals surface area (Å²) < 4.78 is 10.9. The first-order chi connectivity index (χ1) is 9.60. The molecule has 0 heterocycles. The molecule has 0 aliphatic heterocycles. The summed E-state index contributed by atoms with van der Waals surface area (Å²) in [4.78, 5) is 0. The van der Waals surface area contributed by atoms with Gasteiger partial charge in [-0.3, -0.25) is 0 Å². The van der Waals surface area contributed by atoms with Crippen molar-refractivity contribution in [3.8, 4) is 11.5 Å². The second kappa shape index (κ2) is 6.44. The minimum absolute atomic E-state index is 0.151. The summed E-state index contributed by atoms with van der Waals surface area (Å²) in [7, 11) is 1.65. The Labute approximate surface area is 120 Å². The second-order valence-electron chi connectivity index (χ2n) is 4.96. The molecule has 2 aromatic rings. The molecule has 0 bridgehead atoms. The highest BCUT2D eigenvalue weighted by Gasteiger charge is 2.08. The summed E-state index contributed by atoms with van der Waals surface area (Å²) in [5.41, 5.74) is 9.55. The number of rotatable bonds is 5. The third-order valence-corrected chi connectivity index (χ3v) is 3.29. The third kappa shape index (κ3) is 3.52. The van der Waals surface area contributed by atoms with Crippen molar-refractivity contribution in [1.29, 1.82) is 0 Å². The molecule has 0 spiro atoms. The molecule has 0 radical (unpaired) electrons. The van der Waals surface area contributed by atoms with Gasteiger partial charge in [-0.2, -0.15) is 0 Å². The molecule has 2 aromatic carbocycles. The van der Waals surface area contributed by atoms with Crippen LogP contribution in [0.15, 0.2) is 42.5 Å². The van der Waals surface area contributed by atoms with Crippen molar-refractivity contribution in [1.82, 2.24) is 0 Å². The van der Waals surface area contributed by atoms with E-state index in [1.165, 1.54) is 5.56 Å². The van der Waals surface area contributed by atoms with Gasteiger partial charge in [0.2, 0.25) is 0 Å². The summed E-state index contributed by atoms with van der Waals surface area (Å²) in [6, 6.07) is 13.7. The van der Waals surface area contributed by atoms with E-state index in [2.05, 4.69) is 13.0 Å². The number of aryl methyl sites for hydroxylation is 2. The predicted octanol–water partition coefficient (Wildman–Crippen LogP) is 3.39. The van der Waals surface area contributed by atoms with Gasteiger partial charge in [-0.05, 0) is 43.2 Å². The summed E-state index contributed by atoms with van der Waals surface area (Å²) in [6.45, 7) is 4.57. The Morgan fingerprint density at radius 2 is 1.75 bits per heavy atom. The van der Waals surface area contributed by atoms with Crippen LogP contribution in [0.1, 0.15) is 22.7 Å². The maximum absolute atomic E-state index is 6.15. The van der Waals surface area contributed by atoms with Crippen LogP contribution >= 0.6 is 0 Å². The van der Waals surface area contributed by atoms with Gasteiger partial charge < -0.3 is 15.2 Å². The lowest BCUT2D eigenvalue weighted by Gasteiger charge is -2.15.